The van der Waals surface area contributed by atoms with Crippen LogP contribution in [0.3, 0.4) is 0 Å². The van der Waals surface area contributed by atoms with Crippen molar-refractivity contribution in [3.63, 3.8) is 0 Å². The fourth-order valence-electron chi connectivity index (χ4n) is 1.92. The summed E-state index contributed by atoms with van der Waals surface area (Å²) in [6.45, 7) is 0. The van der Waals surface area contributed by atoms with E-state index in [-0.39, 0.29) is 36.7 Å². The van der Waals surface area contributed by atoms with Crippen molar-refractivity contribution in [1.29, 1.82) is 0 Å². The van der Waals surface area contributed by atoms with Gasteiger partial charge in [0.25, 0.3) is 0 Å². The van der Waals surface area contributed by atoms with Gasteiger partial charge >= 0.3 is 12.1 Å². The SMILES string of the molecule is O=C1N[C@@H]2N[C@@H]3NC(=O)N[C@H]3N[C@@H]2N1. The maximum atomic E-state index is 11.0. The minimum atomic E-state index is -0.216. The molecule has 4 amide bonds. The molecule has 0 aliphatic carbocycles. The molecule has 3 saturated heterocycles. The summed E-state index contributed by atoms with van der Waals surface area (Å²) in [4.78, 5) is 22.0. The van der Waals surface area contributed by atoms with E-state index in [9.17, 15) is 9.59 Å². The molecule has 0 aromatic rings. The van der Waals surface area contributed by atoms with Gasteiger partial charge in [-0.25, -0.2) is 9.59 Å². The molecule has 3 aliphatic heterocycles. The van der Waals surface area contributed by atoms with E-state index in [1.165, 1.54) is 0 Å². The summed E-state index contributed by atoms with van der Waals surface area (Å²) in [6, 6.07) is -0.433. The summed E-state index contributed by atoms with van der Waals surface area (Å²) in [5.41, 5.74) is 0. The molecular weight excluding hydrogens is 188 g/mol. The summed E-state index contributed by atoms with van der Waals surface area (Å²) in [5.74, 6) is 0. The second-order valence-electron chi connectivity index (χ2n) is 3.48. The van der Waals surface area contributed by atoms with Gasteiger partial charge in [0, 0.05) is 0 Å². The number of rotatable bonds is 0. The molecule has 4 atom stereocenters. The number of nitrogens with one attached hydrogen (secondary N) is 6. The van der Waals surface area contributed by atoms with Crippen LogP contribution in [0, 0.1) is 0 Å². The first-order valence-electron chi connectivity index (χ1n) is 4.38. The van der Waals surface area contributed by atoms with Gasteiger partial charge in [0.05, 0.1) is 0 Å². The predicted molar refractivity (Wildman–Crippen MR) is 44.8 cm³/mol. The Morgan fingerprint density at radius 2 is 0.929 bits per heavy atom. The van der Waals surface area contributed by atoms with E-state index >= 15 is 0 Å². The van der Waals surface area contributed by atoms with Gasteiger partial charge in [0.2, 0.25) is 0 Å². The van der Waals surface area contributed by atoms with Crippen LogP contribution in [-0.2, 0) is 0 Å². The summed E-state index contributed by atoms with van der Waals surface area (Å²) >= 11 is 0. The molecular formula is C6H10N6O2. The zero-order chi connectivity index (χ0) is 9.71. The maximum absolute atomic E-state index is 11.0. The van der Waals surface area contributed by atoms with Gasteiger partial charge in [-0.05, 0) is 0 Å². The van der Waals surface area contributed by atoms with Gasteiger partial charge in [-0.15, -0.1) is 0 Å². The quantitative estimate of drug-likeness (QED) is 0.251. The summed E-state index contributed by atoms with van der Waals surface area (Å²) in [7, 11) is 0. The van der Waals surface area contributed by atoms with Crippen LogP contribution in [0.4, 0.5) is 9.59 Å². The van der Waals surface area contributed by atoms with Crippen molar-refractivity contribution in [2.24, 2.45) is 0 Å². The van der Waals surface area contributed by atoms with E-state index in [1.807, 2.05) is 0 Å². The van der Waals surface area contributed by atoms with Crippen molar-refractivity contribution < 1.29 is 9.59 Å². The van der Waals surface area contributed by atoms with E-state index < -0.39 is 0 Å². The van der Waals surface area contributed by atoms with E-state index in [4.69, 9.17) is 0 Å². The number of carbonyl (C=O) groups is 2. The second kappa shape index (κ2) is 2.49. The zero-order valence-corrected chi connectivity index (χ0v) is 7.13. The molecule has 14 heavy (non-hydrogen) atoms. The number of hydrogen-bond acceptors (Lipinski definition) is 4. The smallest absolute Gasteiger partial charge is 0.317 e. The van der Waals surface area contributed by atoms with Crippen LogP contribution in [0.25, 0.3) is 0 Å². The number of piperazine rings is 1. The van der Waals surface area contributed by atoms with Crippen molar-refractivity contribution in [2.45, 2.75) is 24.7 Å². The summed E-state index contributed by atoms with van der Waals surface area (Å²) in [6.07, 6.45) is -0.763. The molecule has 3 heterocycles. The molecule has 3 rings (SSSR count). The highest BCUT2D eigenvalue weighted by Gasteiger charge is 2.45. The third kappa shape index (κ3) is 1.01. The monoisotopic (exact) mass is 198 g/mol. The molecule has 8 heteroatoms. The van der Waals surface area contributed by atoms with Crippen LogP contribution in [0.2, 0.25) is 0 Å². The average Bonchev–Trinajstić information content (AvgIpc) is 2.59. The number of amides is 4. The largest absolute Gasteiger partial charge is 0.319 e. The Balaban J connectivity index is 1.77. The van der Waals surface area contributed by atoms with Crippen LogP contribution in [0.1, 0.15) is 0 Å². The lowest BCUT2D eigenvalue weighted by Gasteiger charge is -2.34. The average molecular weight is 198 g/mol. The lowest BCUT2D eigenvalue weighted by molar-refractivity contribution is 0.207. The Labute approximate surface area is 79.2 Å². The lowest BCUT2D eigenvalue weighted by Crippen LogP contribution is -2.71. The number of carbonyl (C=O) groups excluding carboxylic acids is 2. The van der Waals surface area contributed by atoms with Crippen molar-refractivity contribution in [3.8, 4) is 0 Å². The Bertz CT molecular complexity index is 253. The molecule has 76 valence electrons. The van der Waals surface area contributed by atoms with E-state index in [2.05, 4.69) is 31.9 Å². The van der Waals surface area contributed by atoms with E-state index in [0.29, 0.717) is 0 Å². The number of urea groups is 2. The molecule has 0 spiro atoms. The third-order valence-corrected chi connectivity index (χ3v) is 2.53. The zero-order valence-electron chi connectivity index (χ0n) is 7.13. The van der Waals surface area contributed by atoms with Gasteiger partial charge in [0.15, 0.2) is 0 Å². The van der Waals surface area contributed by atoms with Crippen molar-refractivity contribution in [2.75, 3.05) is 0 Å². The first kappa shape index (κ1) is 7.83. The predicted octanol–water partition coefficient (Wildman–Crippen LogP) is -2.89. The van der Waals surface area contributed by atoms with Gasteiger partial charge < -0.3 is 21.3 Å². The topological polar surface area (TPSA) is 106 Å². The van der Waals surface area contributed by atoms with E-state index in [1.54, 1.807) is 0 Å². The normalized spacial score (nSPS) is 44.3. The van der Waals surface area contributed by atoms with Crippen LogP contribution in [0.5, 0.6) is 0 Å². The van der Waals surface area contributed by atoms with Crippen molar-refractivity contribution in [3.05, 3.63) is 0 Å². The first-order chi connectivity index (χ1) is 6.72. The Hall–Kier alpha value is -1.54. The summed E-state index contributed by atoms with van der Waals surface area (Å²) in [5, 5.41) is 16.9. The van der Waals surface area contributed by atoms with Gasteiger partial charge in [-0.2, -0.15) is 0 Å². The molecule has 6 N–H and O–H groups in total. The third-order valence-electron chi connectivity index (χ3n) is 2.53. The maximum Gasteiger partial charge on any atom is 0.317 e. The van der Waals surface area contributed by atoms with Gasteiger partial charge in [-0.1, -0.05) is 0 Å². The van der Waals surface area contributed by atoms with Gasteiger partial charge in [-0.3, -0.25) is 10.6 Å². The number of fused-ring (bicyclic) bond motifs is 2. The first-order valence-corrected chi connectivity index (χ1v) is 4.38. The van der Waals surface area contributed by atoms with Gasteiger partial charge in [0.1, 0.15) is 24.7 Å². The fourth-order valence-corrected chi connectivity index (χ4v) is 1.92. The number of hydrogen-bond donors (Lipinski definition) is 6. The van der Waals surface area contributed by atoms with Crippen LogP contribution in [-0.4, -0.2) is 36.7 Å². The highest BCUT2D eigenvalue weighted by atomic mass is 16.2. The Kier molecular flexibility index (Phi) is 1.39. The van der Waals surface area contributed by atoms with Crippen molar-refractivity contribution in [1.82, 2.24) is 31.9 Å². The Morgan fingerprint density at radius 1 is 0.643 bits per heavy atom. The Morgan fingerprint density at radius 3 is 1.21 bits per heavy atom. The molecule has 8 nitrogen and oxygen atoms in total. The molecule has 0 radical (unpaired) electrons. The fraction of sp³-hybridized carbons (Fsp3) is 0.667. The van der Waals surface area contributed by atoms with Crippen LogP contribution >= 0.6 is 0 Å². The van der Waals surface area contributed by atoms with Crippen LogP contribution in [0.15, 0.2) is 0 Å². The highest BCUT2D eigenvalue weighted by molar-refractivity contribution is 5.79. The molecule has 0 unspecified atom stereocenters. The molecule has 0 aromatic carbocycles. The highest BCUT2D eigenvalue weighted by Crippen LogP contribution is 2.08. The standard InChI is InChI=1S/C6H10N6O2/c13-5-9-1-2(10-5)8-4-3(7-1)11-6(14)12-4/h1-4,7-8H,(H2,9,10,13)(H2,11,12,14)/t1-,2-,3-,4+/m1/s1. The summed E-state index contributed by atoms with van der Waals surface area (Å²) < 4.78 is 0. The van der Waals surface area contributed by atoms with Crippen molar-refractivity contribution >= 4 is 12.1 Å². The molecule has 0 aromatic heterocycles. The molecule has 3 fully saturated rings. The molecule has 3 aliphatic rings. The van der Waals surface area contributed by atoms with E-state index in [0.717, 1.165) is 0 Å². The minimum absolute atomic E-state index is 0.191. The second-order valence-corrected chi connectivity index (χ2v) is 3.48. The lowest BCUT2D eigenvalue weighted by atomic mass is 10.2. The molecule has 0 bridgehead atoms. The van der Waals surface area contributed by atoms with Crippen LogP contribution < -0.4 is 31.9 Å². The minimum Gasteiger partial charge on any atom is -0.319 e. The molecule has 0 saturated carbocycles.